The van der Waals surface area contributed by atoms with Crippen LogP contribution >= 0.6 is 0 Å². The SMILES string of the molecule is COC(=O)[C@H](Cc1cccc2ccccc12)NC(=O)OC(C)(C)C. The molecule has 0 bridgehead atoms. The maximum atomic E-state index is 12.1. The van der Waals surface area contributed by atoms with Crippen molar-refractivity contribution in [1.29, 1.82) is 0 Å². The van der Waals surface area contributed by atoms with Gasteiger partial charge in [0.2, 0.25) is 0 Å². The van der Waals surface area contributed by atoms with Gasteiger partial charge >= 0.3 is 12.1 Å². The van der Waals surface area contributed by atoms with Crippen LogP contribution in [0.25, 0.3) is 10.8 Å². The second-order valence-corrected chi connectivity index (χ2v) is 6.56. The van der Waals surface area contributed by atoms with Crippen LogP contribution in [-0.2, 0) is 20.7 Å². The van der Waals surface area contributed by atoms with Gasteiger partial charge in [-0.1, -0.05) is 42.5 Å². The first-order valence-corrected chi connectivity index (χ1v) is 7.84. The van der Waals surface area contributed by atoms with Gasteiger partial charge in [0.15, 0.2) is 0 Å². The zero-order valence-corrected chi connectivity index (χ0v) is 14.5. The standard InChI is InChI=1S/C19H23NO4/c1-19(2,3)24-18(22)20-16(17(21)23-4)12-14-10-7-9-13-8-5-6-11-15(13)14/h5-11,16H,12H2,1-4H3,(H,20,22)/t16-/m0/s1. The van der Waals surface area contributed by atoms with Crippen LogP contribution < -0.4 is 5.32 Å². The van der Waals surface area contributed by atoms with Crippen LogP contribution in [0.5, 0.6) is 0 Å². The molecule has 0 spiro atoms. The third-order valence-electron chi connectivity index (χ3n) is 3.48. The quantitative estimate of drug-likeness (QED) is 0.873. The fourth-order valence-electron chi connectivity index (χ4n) is 2.48. The van der Waals surface area contributed by atoms with Gasteiger partial charge in [-0.15, -0.1) is 0 Å². The summed E-state index contributed by atoms with van der Waals surface area (Å²) < 4.78 is 10.0. The van der Waals surface area contributed by atoms with E-state index in [9.17, 15) is 9.59 Å². The number of fused-ring (bicyclic) bond motifs is 1. The third kappa shape index (κ3) is 4.72. The van der Waals surface area contributed by atoms with Crippen molar-refractivity contribution in [3.8, 4) is 0 Å². The van der Waals surface area contributed by atoms with Crippen LogP contribution in [-0.4, -0.2) is 30.8 Å². The van der Waals surface area contributed by atoms with Crippen molar-refractivity contribution in [2.45, 2.75) is 38.8 Å². The van der Waals surface area contributed by atoms with E-state index in [-0.39, 0.29) is 0 Å². The number of nitrogens with one attached hydrogen (secondary N) is 1. The van der Waals surface area contributed by atoms with Crippen LogP contribution in [0.3, 0.4) is 0 Å². The first-order valence-electron chi connectivity index (χ1n) is 7.84. The smallest absolute Gasteiger partial charge is 0.408 e. The van der Waals surface area contributed by atoms with E-state index in [0.29, 0.717) is 6.42 Å². The van der Waals surface area contributed by atoms with E-state index in [1.54, 1.807) is 20.8 Å². The minimum Gasteiger partial charge on any atom is -0.467 e. The second kappa shape index (κ2) is 7.34. The first kappa shape index (κ1) is 17.8. The van der Waals surface area contributed by atoms with E-state index < -0.39 is 23.7 Å². The Morgan fingerprint density at radius 3 is 2.42 bits per heavy atom. The highest BCUT2D eigenvalue weighted by Gasteiger charge is 2.25. The predicted octanol–water partition coefficient (Wildman–Crippen LogP) is 3.45. The Bertz CT molecular complexity index is 728. The van der Waals surface area contributed by atoms with Crippen molar-refractivity contribution in [3.05, 3.63) is 48.0 Å². The molecule has 0 saturated heterocycles. The molecule has 0 unspecified atom stereocenters. The predicted molar refractivity (Wildman–Crippen MR) is 92.8 cm³/mol. The number of carbonyl (C=O) groups excluding carboxylic acids is 2. The van der Waals surface area contributed by atoms with Crippen LogP contribution in [0, 0.1) is 0 Å². The molecule has 0 radical (unpaired) electrons. The van der Waals surface area contributed by atoms with E-state index in [2.05, 4.69) is 5.32 Å². The van der Waals surface area contributed by atoms with E-state index in [1.165, 1.54) is 7.11 Å². The van der Waals surface area contributed by atoms with Gasteiger partial charge in [0.25, 0.3) is 0 Å². The highest BCUT2D eigenvalue weighted by Crippen LogP contribution is 2.20. The van der Waals surface area contributed by atoms with Crippen molar-refractivity contribution in [2.24, 2.45) is 0 Å². The summed E-state index contributed by atoms with van der Waals surface area (Å²) in [7, 11) is 1.30. The monoisotopic (exact) mass is 329 g/mol. The Morgan fingerprint density at radius 1 is 1.08 bits per heavy atom. The van der Waals surface area contributed by atoms with Gasteiger partial charge < -0.3 is 14.8 Å². The number of alkyl carbamates (subject to hydrolysis) is 1. The molecule has 0 saturated carbocycles. The summed E-state index contributed by atoms with van der Waals surface area (Å²) in [6, 6.07) is 13.0. The minimum absolute atomic E-state index is 0.327. The molecule has 0 aromatic heterocycles. The summed E-state index contributed by atoms with van der Waals surface area (Å²) in [5, 5.41) is 4.72. The lowest BCUT2D eigenvalue weighted by Crippen LogP contribution is -2.45. The molecule has 1 atom stereocenters. The third-order valence-corrected chi connectivity index (χ3v) is 3.48. The molecule has 1 amide bonds. The molecule has 24 heavy (non-hydrogen) atoms. The lowest BCUT2D eigenvalue weighted by atomic mass is 9.99. The molecule has 0 heterocycles. The number of ether oxygens (including phenoxy) is 2. The van der Waals surface area contributed by atoms with Crippen LogP contribution in [0.15, 0.2) is 42.5 Å². The molecule has 0 aliphatic rings. The Hall–Kier alpha value is -2.56. The highest BCUT2D eigenvalue weighted by atomic mass is 16.6. The number of hydrogen-bond acceptors (Lipinski definition) is 4. The summed E-state index contributed by atoms with van der Waals surface area (Å²) >= 11 is 0. The van der Waals surface area contributed by atoms with Gasteiger partial charge in [-0.2, -0.15) is 0 Å². The molecule has 0 fully saturated rings. The maximum Gasteiger partial charge on any atom is 0.408 e. The van der Waals surface area contributed by atoms with Crippen molar-refractivity contribution < 1.29 is 19.1 Å². The molecule has 0 aliphatic carbocycles. The van der Waals surface area contributed by atoms with Crippen molar-refractivity contribution in [3.63, 3.8) is 0 Å². The van der Waals surface area contributed by atoms with Gasteiger partial charge in [-0.25, -0.2) is 9.59 Å². The molecular formula is C19H23NO4. The average Bonchev–Trinajstić information content (AvgIpc) is 2.52. The normalized spacial score (nSPS) is 12.5. The number of methoxy groups -OCH3 is 1. The number of carbonyl (C=O) groups is 2. The summed E-state index contributed by atoms with van der Waals surface area (Å²) in [6.45, 7) is 5.30. The number of amides is 1. The molecule has 0 aliphatic heterocycles. The largest absolute Gasteiger partial charge is 0.467 e. The lowest BCUT2D eigenvalue weighted by molar-refractivity contribution is -0.143. The minimum atomic E-state index is -0.810. The Labute approximate surface area is 141 Å². The number of hydrogen-bond donors (Lipinski definition) is 1. The van der Waals surface area contributed by atoms with E-state index in [1.807, 2.05) is 42.5 Å². The molecule has 5 nitrogen and oxygen atoms in total. The van der Waals surface area contributed by atoms with Gasteiger partial charge in [0.05, 0.1) is 7.11 Å². The summed E-state index contributed by atoms with van der Waals surface area (Å²) in [6.07, 6.45) is -0.314. The Morgan fingerprint density at radius 2 is 1.75 bits per heavy atom. The molecule has 5 heteroatoms. The van der Waals surface area contributed by atoms with Crippen LogP contribution in [0.2, 0.25) is 0 Å². The number of esters is 1. The Balaban J connectivity index is 2.22. The fraction of sp³-hybridized carbons (Fsp3) is 0.368. The summed E-state index contributed by atoms with van der Waals surface area (Å²) in [5.74, 6) is -0.506. The molecule has 128 valence electrons. The second-order valence-electron chi connectivity index (χ2n) is 6.56. The molecular weight excluding hydrogens is 306 g/mol. The van der Waals surface area contributed by atoms with Crippen LogP contribution in [0.4, 0.5) is 4.79 Å². The van der Waals surface area contributed by atoms with Crippen molar-refractivity contribution in [1.82, 2.24) is 5.32 Å². The highest BCUT2D eigenvalue weighted by molar-refractivity contribution is 5.87. The van der Waals surface area contributed by atoms with Gasteiger partial charge in [-0.3, -0.25) is 0 Å². The van der Waals surface area contributed by atoms with Crippen molar-refractivity contribution >= 4 is 22.8 Å². The zero-order valence-electron chi connectivity index (χ0n) is 14.5. The first-order chi connectivity index (χ1) is 11.3. The van der Waals surface area contributed by atoms with Gasteiger partial charge in [0, 0.05) is 6.42 Å². The molecule has 2 rings (SSSR count). The summed E-state index contributed by atoms with van der Waals surface area (Å²) in [4.78, 5) is 24.1. The number of rotatable bonds is 4. The van der Waals surface area contributed by atoms with E-state index in [4.69, 9.17) is 9.47 Å². The molecule has 1 N–H and O–H groups in total. The number of benzene rings is 2. The maximum absolute atomic E-state index is 12.1. The van der Waals surface area contributed by atoms with E-state index in [0.717, 1.165) is 16.3 Å². The van der Waals surface area contributed by atoms with Crippen LogP contribution in [0.1, 0.15) is 26.3 Å². The average molecular weight is 329 g/mol. The van der Waals surface area contributed by atoms with Gasteiger partial charge in [-0.05, 0) is 37.1 Å². The molecule has 2 aromatic carbocycles. The molecule has 2 aromatic rings. The van der Waals surface area contributed by atoms with E-state index >= 15 is 0 Å². The Kier molecular flexibility index (Phi) is 5.44. The topological polar surface area (TPSA) is 64.6 Å². The van der Waals surface area contributed by atoms with Crippen molar-refractivity contribution in [2.75, 3.05) is 7.11 Å². The zero-order chi connectivity index (χ0) is 17.7. The fourth-order valence-corrected chi connectivity index (χ4v) is 2.48. The lowest BCUT2D eigenvalue weighted by Gasteiger charge is -2.23. The van der Waals surface area contributed by atoms with Gasteiger partial charge in [0.1, 0.15) is 11.6 Å². The summed E-state index contributed by atoms with van der Waals surface area (Å²) in [5.41, 5.74) is 0.323.